The standard InChI is InChI=1S/C12H18N2O4S/c1-12(2,3)8-6-10(18-14-8)13-9(15)7-19-5-4-11(16)17/h6H,4-5,7H2,1-3H3,(H,13,15)(H,16,17). The third-order valence-electron chi connectivity index (χ3n) is 2.23. The maximum atomic E-state index is 11.5. The first-order valence-electron chi connectivity index (χ1n) is 5.85. The van der Waals surface area contributed by atoms with Gasteiger partial charge in [-0.2, -0.15) is 11.8 Å². The molecule has 1 heterocycles. The summed E-state index contributed by atoms with van der Waals surface area (Å²) < 4.78 is 5.02. The van der Waals surface area contributed by atoms with Crippen LogP contribution < -0.4 is 5.32 Å². The predicted octanol–water partition coefficient (Wildman–Crippen LogP) is 2.12. The Bertz CT molecular complexity index is 451. The molecule has 1 aromatic rings. The van der Waals surface area contributed by atoms with E-state index in [2.05, 4.69) is 10.5 Å². The minimum atomic E-state index is -0.863. The summed E-state index contributed by atoms with van der Waals surface area (Å²) in [6.45, 7) is 5.99. The smallest absolute Gasteiger partial charge is 0.304 e. The Kier molecular flexibility index (Phi) is 5.41. The number of carbonyl (C=O) groups excluding carboxylic acids is 1. The molecule has 0 atom stereocenters. The van der Waals surface area contributed by atoms with Crippen LogP contribution in [0.2, 0.25) is 0 Å². The quantitative estimate of drug-likeness (QED) is 0.778. The fourth-order valence-electron chi connectivity index (χ4n) is 1.19. The maximum absolute atomic E-state index is 11.5. The summed E-state index contributed by atoms with van der Waals surface area (Å²) in [6.07, 6.45) is 0.0500. The number of anilines is 1. The van der Waals surface area contributed by atoms with Crippen LogP contribution in [0.15, 0.2) is 10.6 Å². The molecule has 0 spiro atoms. The van der Waals surface area contributed by atoms with E-state index in [-0.39, 0.29) is 23.5 Å². The number of carboxylic acid groups (broad SMARTS) is 1. The summed E-state index contributed by atoms with van der Waals surface area (Å²) in [6, 6.07) is 1.69. The van der Waals surface area contributed by atoms with E-state index in [0.29, 0.717) is 11.6 Å². The van der Waals surface area contributed by atoms with Crippen molar-refractivity contribution in [3.63, 3.8) is 0 Å². The number of nitrogens with zero attached hydrogens (tertiary/aromatic N) is 1. The van der Waals surface area contributed by atoms with Crippen molar-refractivity contribution in [1.82, 2.24) is 5.16 Å². The Labute approximate surface area is 115 Å². The van der Waals surface area contributed by atoms with Crippen LogP contribution in [0.25, 0.3) is 0 Å². The first kappa shape index (κ1) is 15.6. The van der Waals surface area contributed by atoms with E-state index >= 15 is 0 Å². The minimum Gasteiger partial charge on any atom is -0.481 e. The normalized spacial score (nSPS) is 11.3. The lowest BCUT2D eigenvalue weighted by atomic mass is 9.92. The van der Waals surface area contributed by atoms with Gasteiger partial charge in [0.1, 0.15) is 0 Å². The van der Waals surface area contributed by atoms with Gasteiger partial charge in [0.25, 0.3) is 0 Å². The second-order valence-electron chi connectivity index (χ2n) is 5.07. The van der Waals surface area contributed by atoms with Crippen LogP contribution in [0.5, 0.6) is 0 Å². The first-order valence-corrected chi connectivity index (χ1v) is 7.01. The molecule has 0 radical (unpaired) electrons. The van der Waals surface area contributed by atoms with E-state index in [0.717, 1.165) is 5.69 Å². The monoisotopic (exact) mass is 286 g/mol. The van der Waals surface area contributed by atoms with Crippen molar-refractivity contribution < 1.29 is 19.2 Å². The number of hydrogen-bond acceptors (Lipinski definition) is 5. The molecule has 7 heteroatoms. The molecule has 0 unspecified atom stereocenters. The number of carboxylic acids is 1. The topological polar surface area (TPSA) is 92.4 Å². The molecule has 106 valence electrons. The highest BCUT2D eigenvalue weighted by molar-refractivity contribution is 7.99. The highest BCUT2D eigenvalue weighted by Gasteiger charge is 2.19. The third kappa shape index (κ3) is 5.78. The fourth-order valence-corrected chi connectivity index (χ4v) is 1.91. The van der Waals surface area contributed by atoms with Crippen LogP contribution in [0, 0.1) is 0 Å². The van der Waals surface area contributed by atoms with E-state index in [1.807, 2.05) is 20.8 Å². The van der Waals surface area contributed by atoms with Crippen LogP contribution in [0.4, 0.5) is 5.88 Å². The van der Waals surface area contributed by atoms with Crippen LogP contribution in [0.1, 0.15) is 32.9 Å². The van der Waals surface area contributed by atoms with Crippen molar-refractivity contribution in [1.29, 1.82) is 0 Å². The Balaban J connectivity index is 2.36. The summed E-state index contributed by atoms with van der Waals surface area (Å²) in [4.78, 5) is 21.8. The Morgan fingerprint density at radius 1 is 1.47 bits per heavy atom. The highest BCUT2D eigenvalue weighted by Crippen LogP contribution is 2.23. The van der Waals surface area contributed by atoms with Crippen molar-refractivity contribution in [2.45, 2.75) is 32.6 Å². The number of thioether (sulfide) groups is 1. The predicted molar refractivity (Wildman–Crippen MR) is 73.4 cm³/mol. The number of rotatable bonds is 6. The van der Waals surface area contributed by atoms with Gasteiger partial charge in [0.05, 0.1) is 17.9 Å². The van der Waals surface area contributed by atoms with E-state index in [1.54, 1.807) is 6.07 Å². The lowest BCUT2D eigenvalue weighted by Gasteiger charge is -2.12. The van der Waals surface area contributed by atoms with Crippen molar-refractivity contribution in [3.8, 4) is 0 Å². The zero-order valence-corrected chi connectivity index (χ0v) is 12.0. The van der Waals surface area contributed by atoms with Gasteiger partial charge >= 0.3 is 5.97 Å². The number of hydrogen-bond donors (Lipinski definition) is 2. The Morgan fingerprint density at radius 2 is 2.16 bits per heavy atom. The maximum Gasteiger partial charge on any atom is 0.304 e. The molecule has 0 aliphatic heterocycles. The van der Waals surface area contributed by atoms with E-state index in [9.17, 15) is 9.59 Å². The molecule has 0 aromatic carbocycles. The molecule has 0 fully saturated rings. The Morgan fingerprint density at radius 3 is 2.68 bits per heavy atom. The van der Waals surface area contributed by atoms with Gasteiger partial charge in [-0.05, 0) is 0 Å². The Hall–Kier alpha value is -1.50. The molecule has 0 aliphatic rings. The molecule has 6 nitrogen and oxygen atoms in total. The lowest BCUT2D eigenvalue weighted by Crippen LogP contribution is -2.14. The van der Waals surface area contributed by atoms with Crippen molar-refractivity contribution in [2.75, 3.05) is 16.8 Å². The van der Waals surface area contributed by atoms with Gasteiger partial charge in [0.2, 0.25) is 11.8 Å². The van der Waals surface area contributed by atoms with Gasteiger partial charge in [-0.15, -0.1) is 0 Å². The average Bonchev–Trinajstić information content (AvgIpc) is 2.72. The largest absolute Gasteiger partial charge is 0.481 e. The zero-order valence-electron chi connectivity index (χ0n) is 11.2. The van der Waals surface area contributed by atoms with Crippen LogP contribution in [-0.4, -0.2) is 33.6 Å². The molecular weight excluding hydrogens is 268 g/mol. The molecule has 0 aliphatic carbocycles. The number of nitrogens with one attached hydrogen (secondary N) is 1. The SMILES string of the molecule is CC(C)(C)c1cc(NC(=O)CSCCC(=O)O)on1. The number of aliphatic carboxylic acids is 1. The number of amides is 1. The van der Waals surface area contributed by atoms with Gasteiger partial charge in [-0.3, -0.25) is 14.9 Å². The van der Waals surface area contributed by atoms with Gasteiger partial charge in [0.15, 0.2) is 0 Å². The van der Waals surface area contributed by atoms with E-state index < -0.39 is 5.97 Å². The molecule has 19 heavy (non-hydrogen) atoms. The summed E-state index contributed by atoms with van der Waals surface area (Å²) in [5.74, 6) is -0.177. The van der Waals surface area contributed by atoms with Gasteiger partial charge < -0.3 is 9.63 Å². The second-order valence-corrected chi connectivity index (χ2v) is 6.18. The zero-order chi connectivity index (χ0) is 14.5. The lowest BCUT2D eigenvalue weighted by molar-refractivity contribution is -0.136. The van der Waals surface area contributed by atoms with Gasteiger partial charge in [-0.1, -0.05) is 25.9 Å². The third-order valence-corrected chi connectivity index (χ3v) is 3.19. The van der Waals surface area contributed by atoms with Crippen molar-refractivity contribution in [2.24, 2.45) is 0 Å². The van der Waals surface area contributed by atoms with Crippen LogP contribution in [0.3, 0.4) is 0 Å². The van der Waals surface area contributed by atoms with Crippen LogP contribution in [-0.2, 0) is 15.0 Å². The average molecular weight is 286 g/mol. The van der Waals surface area contributed by atoms with Crippen LogP contribution >= 0.6 is 11.8 Å². The molecule has 0 saturated heterocycles. The van der Waals surface area contributed by atoms with Gasteiger partial charge in [0, 0.05) is 17.2 Å². The number of aromatic nitrogens is 1. The molecule has 0 saturated carbocycles. The molecular formula is C12H18N2O4S. The molecule has 0 bridgehead atoms. The van der Waals surface area contributed by atoms with E-state index in [1.165, 1.54) is 11.8 Å². The molecule has 1 rings (SSSR count). The summed E-state index contributed by atoms with van der Waals surface area (Å²) >= 11 is 1.27. The summed E-state index contributed by atoms with van der Waals surface area (Å²) in [5, 5.41) is 14.9. The van der Waals surface area contributed by atoms with E-state index in [4.69, 9.17) is 9.63 Å². The first-order chi connectivity index (χ1) is 8.79. The fraction of sp³-hybridized carbons (Fsp3) is 0.583. The summed E-state index contributed by atoms with van der Waals surface area (Å²) in [5.41, 5.74) is 0.629. The second kappa shape index (κ2) is 6.60. The van der Waals surface area contributed by atoms with Crippen molar-refractivity contribution >= 4 is 29.5 Å². The molecule has 1 aromatic heterocycles. The summed E-state index contributed by atoms with van der Waals surface area (Å²) in [7, 11) is 0. The minimum absolute atomic E-state index is 0.0500. The molecule has 1 amide bonds. The van der Waals surface area contributed by atoms with Crippen molar-refractivity contribution in [3.05, 3.63) is 11.8 Å². The molecule has 2 N–H and O–H groups in total. The highest BCUT2D eigenvalue weighted by atomic mass is 32.2. The number of carbonyl (C=O) groups is 2. The van der Waals surface area contributed by atoms with Gasteiger partial charge in [-0.25, -0.2) is 0 Å².